The summed E-state index contributed by atoms with van der Waals surface area (Å²) in [6, 6.07) is 3.72. The van der Waals surface area contributed by atoms with E-state index in [1.165, 1.54) is 0 Å². The molecule has 4 nitrogen and oxygen atoms in total. The highest BCUT2D eigenvalue weighted by atomic mass is 35.5. The van der Waals surface area contributed by atoms with Gasteiger partial charge < -0.3 is 4.74 Å². The van der Waals surface area contributed by atoms with Gasteiger partial charge in [0.2, 0.25) is 5.91 Å². The normalized spacial score (nSPS) is 16.2. The summed E-state index contributed by atoms with van der Waals surface area (Å²) in [5, 5.41) is 0.543. The van der Waals surface area contributed by atoms with E-state index in [1.807, 2.05) is 19.1 Å². The third-order valence-electron chi connectivity index (χ3n) is 3.44. The van der Waals surface area contributed by atoms with Crippen molar-refractivity contribution in [1.82, 2.24) is 10.9 Å². The number of carbonyl (C=O) groups excluding carboxylic acids is 1. The van der Waals surface area contributed by atoms with Crippen LogP contribution in [-0.2, 0) is 10.2 Å². The number of amides is 1. The Labute approximate surface area is 112 Å². The zero-order valence-corrected chi connectivity index (χ0v) is 11.5. The fourth-order valence-electron chi connectivity index (χ4n) is 2.30. The van der Waals surface area contributed by atoms with E-state index in [0.29, 0.717) is 10.8 Å². The molecule has 0 unspecified atom stereocenters. The first-order chi connectivity index (χ1) is 8.55. The number of aryl methyl sites for hydroxylation is 1. The van der Waals surface area contributed by atoms with Crippen molar-refractivity contribution >= 4 is 17.5 Å². The lowest BCUT2D eigenvalue weighted by Gasteiger charge is -2.19. The highest BCUT2D eigenvalue weighted by Crippen LogP contribution is 2.50. The Bertz CT molecular complexity index is 484. The lowest BCUT2D eigenvalue weighted by atomic mass is 9.91. The lowest BCUT2D eigenvalue weighted by Crippen LogP contribution is -2.41. The van der Waals surface area contributed by atoms with Crippen molar-refractivity contribution in [2.75, 3.05) is 14.2 Å². The molecular weight excluding hydrogens is 252 g/mol. The molecule has 1 fully saturated rings. The van der Waals surface area contributed by atoms with Crippen LogP contribution in [0.1, 0.15) is 24.0 Å². The smallest absolute Gasteiger partial charge is 0.244 e. The molecule has 0 spiro atoms. The van der Waals surface area contributed by atoms with Crippen molar-refractivity contribution in [2.24, 2.45) is 0 Å². The molecule has 18 heavy (non-hydrogen) atoms. The van der Waals surface area contributed by atoms with Crippen LogP contribution in [-0.4, -0.2) is 20.1 Å². The zero-order valence-electron chi connectivity index (χ0n) is 10.8. The van der Waals surface area contributed by atoms with Gasteiger partial charge in [-0.25, -0.2) is 5.43 Å². The number of hydrogen-bond donors (Lipinski definition) is 2. The van der Waals surface area contributed by atoms with Crippen LogP contribution in [0.5, 0.6) is 5.75 Å². The van der Waals surface area contributed by atoms with E-state index in [4.69, 9.17) is 16.3 Å². The second-order valence-corrected chi connectivity index (χ2v) is 5.00. The molecule has 1 aliphatic carbocycles. The maximum absolute atomic E-state index is 12.1. The predicted molar refractivity (Wildman–Crippen MR) is 70.9 cm³/mol. The number of nitrogens with one attached hydrogen (secondary N) is 2. The molecule has 1 amide bonds. The number of ether oxygens (including phenoxy) is 1. The molecule has 5 heteroatoms. The third-order valence-corrected chi connectivity index (χ3v) is 3.73. The Morgan fingerprint density at radius 1 is 1.44 bits per heavy atom. The molecule has 1 aromatic carbocycles. The van der Waals surface area contributed by atoms with Crippen molar-refractivity contribution < 1.29 is 9.53 Å². The summed E-state index contributed by atoms with van der Waals surface area (Å²) in [5.41, 5.74) is 6.93. The van der Waals surface area contributed by atoms with Crippen LogP contribution in [0.2, 0.25) is 5.02 Å². The average molecular weight is 269 g/mol. The molecular formula is C13H17ClN2O2. The lowest BCUT2D eigenvalue weighted by molar-refractivity contribution is -0.124. The largest absolute Gasteiger partial charge is 0.495 e. The fourth-order valence-corrected chi connectivity index (χ4v) is 2.54. The molecule has 0 atom stereocenters. The molecule has 2 rings (SSSR count). The summed E-state index contributed by atoms with van der Waals surface area (Å²) in [6.07, 6.45) is 1.70. The SMILES string of the molecule is CNNC(=O)C1(c2cc(Cl)c(OC)cc2C)CC1. The van der Waals surface area contributed by atoms with E-state index in [9.17, 15) is 4.79 Å². The van der Waals surface area contributed by atoms with Crippen LogP contribution in [0.3, 0.4) is 0 Å². The first-order valence-electron chi connectivity index (χ1n) is 5.87. The number of benzene rings is 1. The van der Waals surface area contributed by atoms with Crippen LogP contribution < -0.4 is 15.6 Å². The highest BCUT2D eigenvalue weighted by Gasteiger charge is 2.52. The van der Waals surface area contributed by atoms with E-state index in [-0.39, 0.29) is 5.91 Å². The van der Waals surface area contributed by atoms with E-state index in [2.05, 4.69) is 10.9 Å². The van der Waals surface area contributed by atoms with Crippen LogP contribution >= 0.6 is 11.6 Å². The Hall–Kier alpha value is -1.26. The van der Waals surface area contributed by atoms with Crippen molar-refractivity contribution in [2.45, 2.75) is 25.2 Å². The molecule has 0 aliphatic heterocycles. The molecule has 1 aromatic rings. The second kappa shape index (κ2) is 4.78. The van der Waals surface area contributed by atoms with E-state index in [1.54, 1.807) is 14.2 Å². The Balaban J connectivity index is 2.40. The maximum Gasteiger partial charge on any atom is 0.244 e. The van der Waals surface area contributed by atoms with Gasteiger partial charge in [-0.15, -0.1) is 0 Å². The quantitative estimate of drug-likeness (QED) is 0.821. The number of rotatable bonds is 4. The number of carbonyl (C=O) groups is 1. The summed E-state index contributed by atoms with van der Waals surface area (Å²) in [7, 11) is 3.27. The van der Waals surface area contributed by atoms with Gasteiger partial charge in [-0.05, 0) is 43.0 Å². The van der Waals surface area contributed by atoms with Gasteiger partial charge in [-0.3, -0.25) is 10.2 Å². The van der Waals surface area contributed by atoms with Gasteiger partial charge in [0.1, 0.15) is 5.75 Å². The van der Waals surface area contributed by atoms with Crippen LogP contribution in [0.15, 0.2) is 12.1 Å². The Morgan fingerprint density at radius 3 is 2.61 bits per heavy atom. The number of hydrogen-bond acceptors (Lipinski definition) is 3. The Kier molecular flexibility index (Phi) is 3.50. The van der Waals surface area contributed by atoms with Crippen molar-refractivity contribution in [1.29, 1.82) is 0 Å². The van der Waals surface area contributed by atoms with Gasteiger partial charge >= 0.3 is 0 Å². The summed E-state index contributed by atoms with van der Waals surface area (Å²) < 4.78 is 5.18. The van der Waals surface area contributed by atoms with Gasteiger partial charge in [-0.1, -0.05) is 11.6 Å². The summed E-state index contributed by atoms with van der Waals surface area (Å²) in [5.74, 6) is 0.636. The first-order valence-corrected chi connectivity index (χ1v) is 6.25. The topological polar surface area (TPSA) is 50.4 Å². The van der Waals surface area contributed by atoms with Crippen LogP contribution in [0.25, 0.3) is 0 Å². The van der Waals surface area contributed by atoms with Gasteiger partial charge in [0.15, 0.2) is 0 Å². The third kappa shape index (κ3) is 2.06. The zero-order chi connectivity index (χ0) is 13.3. The molecule has 0 aromatic heterocycles. The van der Waals surface area contributed by atoms with Crippen molar-refractivity contribution in [3.05, 3.63) is 28.3 Å². The van der Waals surface area contributed by atoms with Crippen molar-refractivity contribution in [3.8, 4) is 5.75 Å². The van der Waals surface area contributed by atoms with E-state index in [0.717, 1.165) is 24.0 Å². The van der Waals surface area contributed by atoms with Crippen LogP contribution in [0.4, 0.5) is 0 Å². The maximum atomic E-state index is 12.1. The monoisotopic (exact) mass is 268 g/mol. The van der Waals surface area contributed by atoms with Crippen molar-refractivity contribution in [3.63, 3.8) is 0 Å². The highest BCUT2D eigenvalue weighted by molar-refractivity contribution is 6.32. The number of hydrazine groups is 1. The standard InChI is InChI=1S/C13H17ClN2O2/c1-8-6-11(18-3)10(14)7-9(8)13(4-5-13)12(17)16-15-2/h6-7,15H,4-5H2,1-3H3,(H,16,17). The molecule has 98 valence electrons. The average Bonchev–Trinajstić information content (AvgIpc) is 3.13. The summed E-state index contributed by atoms with van der Waals surface area (Å²) in [6.45, 7) is 1.97. The van der Waals surface area contributed by atoms with E-state index >= 15 is 0 Å². The first kappa shape index (κ1) is 13.2. The van der Waals surface area contributed by atoms with Gasteiger partial charge in [0.05, 0.1) is 17.5 Å². The minimum absolute atomic E-state index is 0.00525. The summed E-state index contributed by atoms with van der Waals surface area (Å²) in [4.78, 5) is 12.1. The molecule has 2 N–H and O–H groups in total. The van der Waals surface area contributed by atoms with Gasteiger partial charge in [0.25, 0.3) is 0 Å². The fraction of sp³-hybridized carbons (Fsp3) is 0.462. The number of halogens is 1. The molecule has 1 aliphatic rings. The molecule has 1 saturated carbocycles. The van der Waals surface area contributed by atoms with E-state index < -0.39 is 5.41 Å². The van der Waals surface area contributed by atoms with Gasteiger partial charge in [0, 0.05) is 7.05 Å². The summed E-state index contributed by atoms with van der Waals surface area (Å²) >= 11 is 6.14. The number of methoxy groups -OCH3 is 1. The van der Waals surface area contributed by atoms with Crippen LogP contribution in [0, 0.1) is 6.92 Å². The van der Waals surface area contributed by atoms with Gasteiger partial charge in [-0.2, -0.15) is 0 Å². The minimum atomic E-state index is -0.428. The molecule has 0 radical (unpaired) electrons. The second-order valence-electron chi connectivity index (χ2n) is 4.59. The molecule has 0 bridgehead atoms. The Morgan fingerprint density at radius 2 is 2.11 bits per heavy atom. The molecule has 0 saturated heterocycles. The predicted octanol–water partition coefficient (Wildman–Crippen LogP) is 1.94. The molecule has 0 heterocycles. The minimum Gasteiger partial charge on any atom is -0.495 e.